The molecule has 15 heteroatoms. The molecule has 4 rings (SSSR count). The molecule has 0 amide bonds. The Bertz CT molecular complexity index is 1150. The zero-order chi connectivity index (χ0) is 18.8. The van der Waals surface area contributed by atoms with E-state index in [1.165, 1.54) is 0 Å². The van der Waals surface area contributed by atoms with Crippen LogP contribution in [0.5, 0.6) is 11.8 Å². The van der Waals surface area contributed by atoms with Crippen molar-refractivity contribution in [3.63, 3.8) is 0 Å². The molecule has 4 heterocycles. The summed E-state index contributed by atoms with van der Waals surface area (Å²) in [5.41, 5.74) is 0.866. The van der Waals surface area contributed by atoms with Crippen molar-refractivity contribution in [2.75, 3.05) is 0 Å². The van der Waals surface area contributed by atoms with Gasteiger partial charge in [0.1, 0.15) is 0 Å². The fraction of sp³-hybridized carbons (Fsp3) is 0.125. The number of hydrogen-bond acceptors (Lipinski definition) is 8. The minimum atomic E-state index is -0.502. The van der Waals surface area contributed by atoms with Gasteiger partial charge in [-0.15, -0.1) is 0 Å². The van der Waals surface area contributed by atoms with E-state index in [4.69, 9.17) is 0 Å². The topological polar surface area (TPSA) is 292 Å². The van der Waals surface area contributed by atoms with E-state index in [1.54, 1.807) is 38.1 Å². The van der Waals surface area contributed by atoms with Gasteiger partial charge in [-0.05, 0) is 38.1 Å². The van der Waals surface area contributed by atoms with Crippen molar-refractivity contribution in [3.05, 3.63) is 56.4 Å². The number of H-pyrrole nitrogens is 2. The van der Waals surface area contributed by atoms with Crippen LogP contribution in [0.2, 0.25) is 0 Å². The molecule has 0 spiro atoms. The third-order valence-corrected chi connectivity index (χ3v) is 3.48. The average molecular weight is 481 g/mol. The summed E-state index contributed by atoms with van der Waals surface area (Å²) < 4.78 is 0. The van der Waals surface area contributed by atoms with Crippen LogP contribution in [0.4, 0.5) is 0 Å². The Morgan fingerprint density at radius 2 is 1.03 bits per heavy atom. The molecule has 169 valence electrons. The Morgan fingerprint density at radius 3 is 1.35 bits per heavy atom. The molecule has 0 aliphatic rings. The summed E-state index contributed by atoms with van der Waals surface area (Å²) in [6, 6.07) is 6.49. The Kier molecular flexibility index (Phi) is 13.5. The van der Waals surface area contributed by atoms with Crippen LogP contribution < -0.4 is 21.3 Å². The second-order valence-electron chi connectivity index (χ2n) is 5.41. The van der Waals surface area contributed by atoms with Crippen LogP contribution in [-0.4, -0.2) is 41.3 Å². The minimum absolute atomic E-state index is 0. The number of aryl methyl sites for hydroxylation is 2. The molecule has 0 saturated heterocycles. The molecular formula is C16H22MnN6O8+2. The van der Waals surface area contributed by atoms with Crippen molar-refractivity contribution in [1.29, 1.82) is 0 Å². The summed E-state index contributed by atoms with van der Waals surface area (Å²) in [7, 11) is 0. The Labute approximate surface area is 183 Å². The molecule has 0 aromatic carbocycles. The van der Waals surface area contributed by atoms with Gasteiger partial charge in [-0.25, -0.2) is 10.2 Å². The Balaban J connectivity index is -0.000000436. The number of nitrogens with one attached hydrogen (secondary N) is 2. The first-order valence-corrected chi connectivity index (χ1v) is 7.43. The molecule has 0 aliphatic carbocycles. The van der Waals surface area contributed by atoms with Gasteiger partial charge in [-0.3, -0.25) is 19.6 Å². The van der Waals surface area contributed by atoms with E-state index in [0.717, 1.165) is 0 Å². The van der Waals surface area contributed by atoms with Crippen LogP contribution in [0.3, 0.4) is 0 Å². The number of hydrogen-bond donors (Lipinski definition) is 2. The van der Waals surface area contributed by atoms with Crippen molar-refractivity contribution in [2.45, 2.75) is 13.8 Å². The summed E-state index contributed by atoms with van der Waals surface area (Å²) >= 11 is 0. The van der Waals surface area contributed by atoms with Gasteiger partial charge in [0.25, 0.3) is 11.1 Å². The quantitative estimate of drug-likeness (QED) is 0.183. The van der Waals surface area contributed by atoms with Gasteiger partial charge in [-0.1, -0.05) is 0 Å². The number of rotatable bonds is 0. The summed E-state index contributed by atoms with van der Waals surface area (Å²) in [5, 5.41) is 33.6. The van der Waals surface area contributed by atoms with E-state index in [9.17, 15) is 19.8 Å². The maximum Gasteiger partial charge on any atom is 2.00 e. The van der Waals surface area contributed by atoms with Gasteiger partial charge in [-0.2, -0.15) is 10.2 Å². The predicted molar refractivity (Wildman–Crippen MR) is 106 cm³/mol. The first-order chi connectivity index (χ1) is 12.4. The zero-order valence-electron chi connectivity index (χ0n) is 16.3. The van der Waals surface area contributed by atoms with Crippen LogP contribution in [0, 0.1) is 13.8 Å². The summed E-state index contributed by atoms with van der Waals surface area (Å²) in [5.74, 6) is -1.00. The smallest absolute Gasteiger partial charge is 0.856 e. The van der Waals surface area contributed by atoms with E-state index in [-0.39, 0.29) is 71.9 Å². The van der Waals surface area contributed by atoms with E-state index >= 15 is 0 Å². The zero-order valence-corrected chi connectivity index (χ0v) is 17.4. The first kappa shape index (κ1) is 32.2. The number of nitrogens with zero attached hydrogens (tertiary/aromatic N) is 4. The molecule has 0 fully saturated rings. The fourth-order valence-corrected chi connectivity index (χ4v) is 2.24. The molecule has 14 nitrogen and oxygen atoms in total. The molecule has 4 aromatic rings. The average Bonchev–Trinajstić information content (AvgIpc) is 2.62. The fourth-order valence-electron chi connectivity index (χ4n) is 2.24. The molecule has 1 radical (unpaired) electrons. The third-order valence-electron chi connectivity index (χ3n) is 3.48. The molecule has 0 bridgehead atoms. The van der Waals surface area contributed by atoms with E-state index in [1.807, 2.05) is 0 Å². The van der Waals surface area contributed by atoms with Crippen LogP contribution in [0.25, 0.3) is 21.8 Å². The molecule has 0 saturated carbocycles. The normalized spacial score (nSPS) is 8.84. The van der Waals surface area contributed by atoms with E-state index in [2.05, 4.69) is 30.4 Å². The molecule has 0 unspecified atom stereocenters. The van der Waals surface area contributed by atoms with Crippen LogP contribution in [0.15, 0.2) is 33.9 Å². The Hall–Kier alpha value is -3.46. The van der Waals surface area contributed by atoms with Gasteiger partial charge in [0.2, 0.25) is 0 Å². The van der Waals surface area contributed by atoms with Crippen molar-refractivity contribution in [3.8, 4) is 11.8 Å². The van der Waals surface area contributed by atoms with Crippen molar-refractivity contribution < 1.29 is 49.2 Å². The Morgan fingerprint density at radius 1 is 0.710 bits per heavy atom. The standard InChI is InChI=1S/2C8H7N3O2.Mn.4H2O/c2*1-4-2-3-5-6(9-4)8(13)11-10-7(5)12;;;;;/h2*2-3H,1H3,(H,10,12)(H,11,13);;4*1H2/q;;+2;;;;. The van der Waals surface area contributed by atoms with E-state index in [0.29, 0.717) is 11.4 Å². The van der Waals surface area contributed by atoms with Gasteiger partial charge < -0.3 is 32.1 Å². The number of fused-ring (bicyclic) bond motifs is 2. The van der Waals surface area contributed by atoms with Gasteiger partial charge in [0.05, 0.1) is 21.8 Å². The summed E-state index contributed by atoms with van der Waals surface area (Å²) in [4.78, 5) is 30.2. The van der Waals surface area contributed by atoms with Crippen LogP contribution in [0.1, 0.15) is 11.4 Å². The number of pyridine rings is 2. The number of aromatic amines is 2. The summed E-state index contributed by atoms with van der Waals surface area (Å²) in [6.07, 6.45) is 0. The molecular weight excluding hydrogens is 459 g/mol. The first-order valence-electron chi connectivity index (χ1n) is 7.43. The van der Waals surface area contributed by atoms with Crippen molar-refractivity contribution in [2.24, 2.45) is 0 Å². The maximum atomic E-state index is 11.1. The minimum Gasteiger partial charge on any atom is -0.856 e. The van der Waals surface area contributed by atoms with Crippen LogP contribution >= 0.6 is 0 Å². The third kappa shape index (κ3) is 6.78. The molecule has 0 aliphatic heterocycles. The van der Waals surface area contributed by atoms with Gasteiger partial charge in [0, 0.05) is 23.1 Å². The van der Waals surface area contributed by atoms with Crippen molar-refractivity contribution >= 4 is 21.8 Å². The molecule has 31 heavy (non-hydrogen) atoms. The molecule has 12 N–H and O–H groups in total. The monoisotopic (exact) mass is 481 g/mol. The summed E-state index contributed by atoms with van der Waals surface area (Å²) in [6.45, 7) is 3.50. The predicted octanol–water partition coefficient (Wildman–Crippen LogP) is -4.10. The molecule has 4 aromatic heterocycles. The second-order valence-corrected chi connectivity index (χ2v) is 5.41. The van der Waals surface area contributed by atoms with Gasteiger partial charge in [0.15, 0.2) is 0 Å². The van der Waals surface area contributed by atoms with E-state index < -0.39 is 11.8 Å². The number of aromatic nitrogens is 6. The van der Waals surface area contributed by atoms with Crippen LogP contribution in [-0.2, 0) is 28.0 Å². The second kappa shape index (κ2) is 13.0. The van der Waals surface area contributed by atoms with Gasteiger partial charge >= 0.3 is 17.1 Å². The maximum absolute atomic E-state index is 11.1. The molecule has 0 atom stereocenters. The van der Waals surface area contributed by atoms with Crippen molar-refractivity contribution in [1.82, 2.24) is 30.4 Å². The SMILES string of the molecule is Cc1ccc2c(=O)[nH]nc([O-])c2n1.Cc1ccc2c(=O)[nH]nc([O-])c2n1.O.O.[Mn+2].[OH3+].[OH3+]. The largest absolute Gasteiger partial charge is 2.00 e.